The third-order valence-corrected chi connectivity index (χ3v) is 4.45. The first-order valence-corrected chi connectivity index (χ1v) is 8.16. The van der Waals surface area contributed by atoms with E-state index < -0.39 is 0 Å². The van der Waals surface area contributed by atoms with E-state index in [2.05, 4.69) is 10.1 Å². The Morgan fingerprint density at radius 3 is 2.52 bits per heavy atom. The molecule has 1 aromatic rings. The summed E-state index contributed by atoms with van der Waals surface area (Å²) in [4.78, 5) is 22.9. The Hall–Kier alpha value is -0.910. The molecule has 21 heavy (non-hydrogen) atoms. The van der Waals surface area contributed by atoms with Gasteiger partial charge in [-0.1, -0.05) is 36.2 Å². The summed E-state index contributed by atoms with van der Waals surface area (Å²) < 4.78 is 4.59. The number of para-hydroxylation sites is 1. The Balaban J connectivity index is 2.36. The van der Waals surface area contributed by atoms with E-state index in [1.807, 2.05) is 6.92 Å². The van der Waals surface area contributed by atoms with Crippen molar-refractivity contribution in [2.45, 2.75) is 25.0 Å². The monoisotopic (exact) mass is 349 g/mol. The van der Waals surface area contributed by atoms with E-state index in [0.29, 0.717) is 34.3 Å². The summed E-state index contributed by atoms with van der Waals surface area (Å²) in [6.07, 6.45) is 0.650. The fraction of sp³-hybridized carbons (Fsp3) is 0.429. The largest absolute Gasteiger partial charge is 0.469 e. The summed E-state index contributed by atoms with van der Waals surface area (Å²) in [5.41, 5.74) is 0.429. The number of esters is 1. The van der Waals surface area contributed by atoms with Crippen LogP contribution >= 0.6 is 35.0 Å². The van der Waals surface area contributed by atoms with Crippen LogP contribution in [0.1, 0.15) is 19.8 Å². The molecule has 1 atom stereocenters. The minimum atomic E-state index is -0.248. The smallest absolute Gasteiger partial charge is 0.306 e. The number of nitrogens with one attached hydrogen (secondary N) is 1. The van der Waals surface area contributed by atoms with Crippen LogP contribution in [0.25, 0.3) is 0 Å². The highest BCUT2D eigenvalue weighted by atomic mass is 35.5. The van der Waals surface area contributed by atoms with Crippen molar-refractivity contribution >= 4 is 52.5 Å². The molecule has 0 heterocycles. The number of benzene rings is 1. The Morgan fingerprint density at radius 1 is 1.33 bits per heavy atom. The molecule has 4 nitrogen and oxygen atoms in total. The van der Waals surface area contributed by atoms with Gasteiger partial charge in [0.25, 0.3) is 0 Å². The lowest BCUT2D eigenvalue weighted by atomic mass is 10.3. The Bertz CT molecular complexity index is 491. The van der Waals surface area contributed by atoms with Crippen molar-refractivity contribution in [1.82, 2.24) is 0 Å². The molecule has 0 aliphatic rings. The number of rotatable bonds is 7. The molecule has 0 radical (unpaired) electrons. The summed E-state index contributed by atoms with van der Waals surface area (Å²) in [5.74, 6) is 0.191. The number of hydrogen-bond acceptors (Lipinski definition) is 4. The summed E-state index contributed by atoms with van der Waals surface area (Å²) in [5, 5.41) is 3.61. The third-order valence-electron chi connectivity index (χ3n) is 2.64. The van der Waals surface area contributed by atoms with Gasteiger partial charge >= 0.3 is 5.97 Å². The fourth-order valence-electron chi connectivity index (χ4n) is 1.55. The van der Waals surface area contributed by atoms with Gasteiger partial charge < -0.3 is 10.1 Å². The zero-order chi connectivity index (χ0) is 15.8. The van der Waals surface area contributed by atoms with Gasteiger partial charge in [0.2, 0.25) is 5.91 Å². The summed E-state index contributed by atoms with van der Waals surface area (Å²) in [7, 11) is 1.36. The molecule has 116 valence electrons. The van der Waals surface area contributed by atoms with Crippen molar-refractivity contribution in [3.05, 3.63) is 28.2 Å². The van der Waals surface area contributed by atoms with E-state index in [0.717, 1.165) is 0 Å². The maximum atomic E-state index is 11.8. The molecule has 7 heteroatoms. The van der Waals surface area contributed by atoms with Crippen molar-refractivity contribution in [1.29, 1.82) is 0 Å². The fourth-order valence-corrected chi connectivity index (χ4v) is 3.00. The molecule has 1 rings (SSSR count). The summed E-state index contributed by atoms with van der Waals surface area (Å²) in [6.45, 7) is 1.92. The molecule has 1 amide bonds. The maximum absolute atomic E-state index is 11.8. The van der Waals surface area contributed by atoms with E-state index in [9.17, 15) is 9.59 Å². The van der Waals surface area contributed by atoms with Crippen LogP contribution in [-0.2, 0) is 14.3 Å². The quantitative estimate of drug-likeness (QED) is 0.755. The number of thioether (sulfide) groups is 1. The third kappa shape index (κ3) is 6.59. The van der Waals surface area contributed by atoms with Gasteiger partial charge in [0, 0.05) is 17.4 Å². The van der Waals surface area contributed by atoms with Gasteiger partial charge in [-0.15, -0.1) is 0 Å². The highest BCUT2D eigenvalue weighted by Crippen LogP contribution is 2.30. The van der Waals surface area contributed by atoms with Gasteiger partial charge in [-0.05, 0) is 12.1 Å². The molecule has 0 aromatic heterocycles. The molecular formula is C14H17Cl2NO3S. The molecule has 0 fully saturated rings. The normalized spacial score (nSPS) is 11.8. The lowest BCUT2D eigenvalue weighted by Crippen LogP contribution is -2.14. The minimum absolute atomic E-state index is 0.106. The molecule has 0 saturated carbocycles. The van der Waals surface area contributed by atoms with Crippen LogP contribution in [-0.4, -0.2) is 30.0 Å². The topological polar surface area (TPSA) is 55.4 Å². The molecule has 1 unspecified atom stereocenters. The Morgan fingerprint density at radius 2 is 1.95 bits per heavy atom. The van der Waals surface area contributed by atoms with Crippen molar-refractivity contribution in [3.8, 4) is 0 Å². The first kappa shape index (κ1) is 18.1. The average Bonchev–Trinajstić information content (AvgIpc) is 2.43. The van der Waals surface area contributed by atoms with Crippen molar-refractivity contribution in [2.24, 2.45) is 0 Å². The number of ether oxygens (including phenoxy) is 1. The SMILES string of the molecule is COC(=O)CC(C)SCCC(=O)Nc1c(Cl)cccc1Cl. The molecule has 0 saturated heterocycles. The number of carbonyl (C=O) groups is 2. The van der Waals surface area contributed by atoms with Crippen molar-refractivity contribution in [2.75, 3.05) is 18.2 Å². The molecular weight excluding hydrogens is 333 g/mol. The lowest BCUT2D eigenvalue weighted by Gasteiger charge is -2.11. The van der Waals surface area contributed by atoms with Crippen LogP contribution in [0.15, 0.2) is 18.2 Å². The summed E-state index contributed by atoms with van der Waals surface area (Å²) >= 11 is 13.5. The van der Waals surface area contributed by atoms with E-state index in [1.54, 1.807) is 18.2 Å². The van der Waals surface area contributed by atoms with Crippen LogP contribution < -0.4 is 5.32 Å². The first-order chi connectivity index (χ1) is 9.93. The molecule has 1 N–H and O–H groups in total. The molecule has 0 bridgehead atoms. The van der Waals surface area contributed by atoms with Crippen LogP contribution in [0.4, 0.5) is 5.69 Å². The van der Waals surface area contributed by atoms with E-state index in [4.69, 9.17) is 23.2 Å². The van der Waals surface area contributed by atoms with Crippen LogP contribution in [0.3, 0.4) is 0 Å². The number of hydrogen-bond donors (Lipinski definition) is 1. The maximum Gasteiger partial charge on any atom is 0.306 e. The first-order valence-electron chi connectivity index (χ1n) is 6.36. The van der Waals surface area contributed by atoms with E-state index in [1.165, 1.54) is 18.9 Å². The predicted molar refractivity (Wildman–Crippen MR) is 88.3 cm³/mol. The minimum Gasteiger partial charge on any atom is -0.469 e. The van der Waals surface area contributed by atoms with Crippen LogP contribution in [0.5, 0.6) is 0 Å². The predicted octanol–water partition coefficient (Wildman–Crippen LogP) is 4.01. The second kappa shape index (κ2) is 9.18. The standard InChI is InChI=1S/C14H17Cl2NO3S/c1-9(8-13(19)20-2)21-7-6-12(18)17-14-10(15)4-3-5-11(14)16/h3-5,9H,6-8H2,1-2H3,(H,17,18). The van der Waals surface area contributed by atoms with Gasteiger partial charge in [0.05, 0.1) is 29.3 Å². The molecule has 0 spiro atoms. The second-order valence-corrected chi connectivity index (χ2v) is 6.72. The molecule has 0 aliphatic heterocycles. The Kier molecular flexibility index (Phi) is 7.93. The van der Waals surface area contributed by atoms with Gasteiger partial charge in [0.1, 0.15) is 0 Å². The van der Waals surface area contributed by atoms with Gasteiger partial charge in [0.15, 0.2) is 0 Å². The van der Waals surface area contributed by atoms with Gasteiger partial charge in [-0.25, -0.2) is 0 Å². The highest BCUT2D eigenvalue weighted by molar-refractivity contribution is 7.99. The number of anilines is 1. The molecule has 1 aromatic carbocycles. The van der Waals surface area contributed by atoms with Crippen LogP contribution in [0.2, 0.25) is 10.0 Å². The van der Waals surface area contributed by atoms with Gasteiger partial charge in [-0.3, -0.25) is 9.59 Å². The Labute approximate surface area is 138 Å². The average molecular weight is 350 g/mol. The van der Waals surface area contributed by atoms with E-state index >= 15 is 0 Å². The van der Waals surface area contributed by atoms with Crippen molar-refractivity contribution in [3.63, 3.8) is 0 Å². The number of methoxy groups -OCH3 is 1. The second-order valence-electron chi connectivity index (χ2n) is 4.36. The number of amides is 1. The highest BCUT2D eigenvalue weighted by Gasteiger charge is 2.12. The summed E-state index contributed by atoms with van der Waals surface area (Å²) in [6, 6.07) is 5.04. The molecule has 0 aliphatic carbocycles. The van der Waals surface area contributed by atoms with Crippen molar-refractivity contribution < 1.29 is 14.3 Å². The zero-order valence-electron chi connectivity index (χ0n) is 11.8. The lowest BCUT2D eigenvalue weighted by molar-refractivity contribution is -0.140. The van der Waals surface area contributed by atoms with Crippen LogP contribution in [0, 0.1) is 0 Å². The van der Waals surface area contributed by atoms with Gasteiger partial charge in [-0.2, -0.15) is 11.8 Å². The van der Waals surface area contributed by atoms with E-state index in [-0.39, 0.29) is 17.1 Å². The number of halogens is 2. The zero-order valence-corrected chi connectivity index (χ0v) is 14.1. The number of carbonyl (C=O) groups excluding carboxylic acids is 2.